The van der Waals surface area contributed by atoms with Gasteiger partial charge in [-0.2, -0.15) is 0 Å². The first-order valence-electron chi connectivity index (χ1n) is 5.93. The molecule has 1 aromatic rings. The standard InChI is InChI=1S/C13H16N2O2S/c1-9(15-17)10-5-2-3-6-11(10)14-13(16)12-7-4-8-18-12/h2-3,5-6,12,17H,4,7-8H2,1H3,(H,14,16). The van der Waals surface area contributed by atoms with Crippen molar-refractivity contribution in [1.29, 1.82) is 0 Å². The van der Waals surface area contributed by atoms with Gasteiger partial charge in [-0.1, -0.05) is 23.4 Å². The molecule has 0 aromatic heterocycles. The minimum Gasteiger partial charge on any atom is -0.411 e. The number of thioether (sulfide) groups is 1. The number of para-hydroxylation sites is 1. The molecule has 1 amide bonds. The van der Waals surface area contributed by atoms with Crippen LogP contribution in [-0.2, 0) is 4.79 Å². The number of benzene rings is 1. The van der Waals surface area contributed by atoms with Crippen molar-refractivity contribution in [3.63, 3.8) is 0 Å². The third-order valence-corrected chi connectivity index (χ3v) is 4.32. The van der Waals surface area contributed by atoms with Gasteiger partial charge in [-0.05, 0) is 31.6 Å². The van der Waals surface area contributed by atoms with Gasteiger partial charge in [0.25, 0.3) is 0 Å². The van der Waals surface area contributed by atoms with Gasteiger partial charge >= 0.3 is 0 Å². The zero-order valence-corrected chi connectivity index (χ0v) is 11.0. The highest BCUT2D eigenvalue weighted by Crippen LogP contribution is 2.27. The van der Waals surface area contributed by atoms with Crippen molar-refractivity contribution in [3.8, 4) is 0 Å². The molecule has 1 saturated heterocycles. The minimum absolute atomic E-state index is 0.0377. The zero-order valence-electron chi connectivity index (χ0n) is 10.2. The third kappa shape index (κ3) is 2.85. The highest BCUT2D eigenvalue weighted by molar-refractivity contribution is 8.00. The third-order valence-electron chi connectivity index (χ3n) is 2.95. The number of carbonyl (C=O) groups is 1. The maximum Gasteiger partial charge on any atom is 0.237 e. The van der Waals surface area contributed by atoms with Gasteiger partial charge in [-0.15, -0.1) is 11.8 Å². The van der Waals surface area contributed by atoms with Crippen LogP contribution in [0.1, 0.15) is 25.3 Å². The molecule has 0 aliphatic carbocycles. The molecule has 1 atom stereocenters. The molecular weight excluding hydrogens is 248 g/mol. The van der Waals surface area contributed by atoms with Gasteiger partial charge in [-0.3, -0.25) is 4.79 Å². The number of nitrogens with one attached hydrogen (secondary N) is 1. The van der Waals surface area contributed by atoms with E-state index in [-0.39, 0.29) is 11.2 Å². The topological polar surface area (TPSA) is 61.7 Å². The fourth-order valence-corrected chi connectivity index (χ4v) is 3.12. The Morgan fingerprint density at radius 3 is 2.94 bits per heavy atom. The first-order valence-corrected chi connectivity index (χ1v) is 6.98. The van der Waals surface area contributed by atoms with Crippen molar-refractivity contribution >= 4 is 29.1 Å². The Balaban J connectivity index is 2.15. The maximum absolute atomic E-state index is 12.0. The second kappa shape index (κ2) is 5.91. The van der Waals surface area contributed by atoms with Gasteiger partial charge in [0.15, 0.2) is 0 Å². The van der Waals surface area contributed by atoms with Crippen molar-refractivity contribution in [3.05, 3.63) is 29.8 Å². The molecule has 0 radical (unpaired) electrons. The van der Waals surface area contributed by atoms with Gasteiger partial charge in [-0.25, -0.2) is 0 Å². The van der Waals surface area contributed by atoms with E-state index in [0.29, 0.717) is 11.4 Å². The largest absolute Gasteiger partial charge is 0.411 e. The maximum atomic E-state index is 12.0. The first kappa shape index (κ1) is 13.0. The number of amides is 1. The number of anilines is 1. The summed E-state index contributed by atoms with van der Waals surface area (Å²) >= 11 is 1.70. The van der Waals surface area contributed by atoms with Gasteiger partial charge < -0.3 is 10.5 Å². The number of oxime groups is 1. The van der Waals surface area contributed by atoms with Gasteiger partial charge in [0.05, 0.1) is 11.0 Å². The van der Waals surface area contributed by atoms with Gasteiger partial charge in [0.2, 0.25) is 5.91 Å². The zero-order chi connectivity index (χ0) is 13.0. The van der Waals surface area contributed by atoms with E-state index in [0.717, 1.165) is 24.2 Å². The van der Waals surface area contributed by atoms with E-state index >= 15 is 0 Å². The molecule has 1 aliphatic rings. The summed E-state index contributed by atoms with van der Waals surface area (Å²) in [5, 5.41) is 15.0. The molecule has 1 aromatic carbocycles. The lowest BCUT2D eigenvalue weighted by atomic mass is 10.1. The van der Waals surface area contributed by atoms with Crippen LogP contribution < -0.4 is 5.32 Å². The Kier molecular flexibility index (Phi) is 4.25. The molecule has 18 heavy (non-hydrogen) atoms. The van der Waals surface area contributed by atoms with E-state index in [4.69, 9.17) is 5.21 Å². The van der Waals surface area contributed by atoms with E-state index in [1.807, 2.05) is 24.3 Å². The highest BCUT2D eigenvalue weighted by atomic mass is 32.2. The second-order valence-corrected chi connectivity index (χ2v) is 5.53. The molecular formula is C13H16N2O2S. The van der Waals surface area contributed by atoms with Crippen LogP contribution >= 0.6 is 11.8 Å². The summed E-state index contributed by atoms with van der Waals surface area (Å²) in [4.78, 5) is 12.0. The van der Waals surface area contributed by atoms with Crippen LogP contribution in [0, 0.1) is 0 Å². The fourth-order valence-electron chi connectivity index (χ4n) is 1.96. The number of hydrogen-bond donors (Lipinski definition) is 2. The quantitative estimate of drug-likeness (QED) is 0.501. The Morgan fingerprint density at radius 1 is 1.50 bits per heavy atom. The summed E-state index contributed by atoms with van der Waals surface area (Å²) in [7, 11) is 0. The molecule has 0 spiro atoms. The van der Waals surface area contributed by atoms with Crippen LogP contribution in [0.4, 0.5) is 5.69 Å². The van der Waals surface area contributed by atoms with Crippen LogP contribution in [-0.4, -0.2) is 27.8 Å². The molecule has 2 N–H and O–H groups in total. The fraction of sp³-hybridized carbons (Fsp3) is 0.385. The van der Waals surface area contributed by atoms with E-state index in [1.54, 1.807) is 18.7 Å². The van der Waals surface area contributed by atoms with Crippen LogP contribution in [0.25, 0.3) is 0 Å². The molecule has 2 rings (SSSR count). The van der Waals surface area contributed by atoms with E-state index in [2.05, 4.69) is 10.5 Å². The first-order chi connectivity index (χ1) is 8.72. The Labute approximate surface area is 110 Å². The van der Waals surface area contributed by atoms with Crippen LogP contribution in [0.15, 0.2) is 29.4 Å². The van der Waals surface area contributed by atoms with Crippen molar-refractivity contribution in [1.82, 2.24) is 0 Å². The van der Waals surface area contributed by atoms with Gasteiger partial charge in [0.1, 0.15) is 0 Å². The lowest BCUT2D eigenvalue weighted by Gasteiger charge is -2.13. The summed E-state index contributed by atoms with van der Waals surface area (Å²) in [5.74, 6) is 1.09. The Bertz CT molecular complexity index is 468. The Hall–Kier alpha value is -1.49. The number of carbonyl (C=O) groups excluding carboxylic acids is 1. The number of nitrogens with zero attached hydrogens (tertiary/aromatic N) is 1. The average Bonchev–Trinajstić information content (AvgIpc) is 2.92. The summed E-state index contributed by atoms with van der Waals surface area (Å²) in [6.07, 6.45) is 2.03. The molecule has 96 valence electrons. The summed E-state index contributed by atoms with van der Waals surface area (Å²) in [6, 6.07) is 7.35. The van der Waals surface area contributed by atoms with Crippen molar-refractivity contribution in [2.24, 2.45) is 5.16 Å². The molecule has 4 nitrogen and oxygen atoms in total. The molecule has 1 fully saturated rings. The van der Waals surface area contributed by atoms with Crippen LogP contribution in [0.2, 0.25) is 0 Å². The highest BCUT2D eigenvalue weighted by Gasteiger charge is 2.23. The minimum atomic E-state index is 0.0377. The molecule has 1 unspecified atom stereocenters. The summed E-state index contributed by atoms with van der Waals surface area (Å²) in [5.41, 5.74) is 1.94. The van der Waals surface area contributed by atoms with E-state index in [9.17, 15) is 4.79 Å². The number of hydrogen-bond acceptors (Lipinski definition) is 4. The molecule has 1 heterocycles. The predicted octanol–water partition coefficient (Wildman–Crippen LogP) is 2.72. The predicted molar refractivity (Wildman–Crippen MR) is 74.5 cm³/mol. The second-order valence-electron chi connectivity index (χ2n) is 4.22. The summed E-state index contributed by atoms with van der Waals surface area (Å²) in [6.45, 7) is 1.70. The van der Waals surface area contributed by atoms with E-state index in [1.165, 1.54) is 0 Å². The smallest absolute Gasteiger partial charge is 0.237 e. The van der Waals surface area contributed by atoms with Crippen LogP contribution in [0.3, 0.4) is 0 Å². The normalized spacial score (nSPS) is 19.8. The average molecular weight is 264 g/mol. The monoisotopic (exact) mass is 264 g/mol. The summed E-state index contributed by atoms with van der Waals surface area (Å²) < 4.78 is 0. The molecule has 0 bridgehead atoms. The Morgan fingerprint density at radius 2 is 2.28 bits per heavy atom. The van der Waals surface area contributed by atoms with Crippen molar-refractivity contribution < 1.29 is 10.0 Å². The lowest BCUT2D eigenvalue weighted by molar-refractivity contribution is -0.115. The van der Waals surface area contributed by atoms with E-state index < -0.39 is 0 Å². The van der Waals surface area contributed by atoms with Gasteiger partial charge in [0, 0.05) is 11.3 Å². The van der Waals surface area contributed by atoms with Crippen LogP contribution in [0.5, 0.6) is 0 Å². The SMILES string of the molecule is CC(=NO)c1ccccc1NC(=O)C1CCCS1. The van der Waals surface area contributed by atoms with Crippen molar-refractivity contribution in [2.75, 3.05) is 11.1 Å². The molecule has 0 saturated carbocycles. The molecule has 5 heteroatoms. The molecule has 1 aliphatic heterocycles. The van der Waals surface area contributed by atoms with Crippen molar-refractivity contribution in [2.45, 2.75) is 25.0 Å². The number of rotatable bonds is 3. The lowest BCUT2D eigenvalue weighted by Crippen LogP contribution is -2.23.